The summed E-state index contributed by atoms with van der Waals surface area (Å²) in [5, 5.41) is 13.8. The highest BCUT2D eigenvalue weighted by molar-refractivity contribution is 5.94. The van der Waals surface area contributed by atoms with Crippen molar-refractivity contribution >= 4 is 11.7 Å². The topological polar surface area (TPSA) is 106 Å². The Bertz CT molecular complexity index is 1250. The molecule has 3 aromatic heterocycles. The Balaban J connectivity index is 1.60. The summed E-state index contributed by atoms with van der Waals surface area (Å²) in [7, 11) is 0. The molecular weight excluding hydrogens is 370 g/mol. The molecule has 0 fully saturated rings. The van der Waals surface area contributed by atoms with Crippen LogP contribution in [0, 0.1) is 6.92 Å². The highest BCUT2D eigenvalue weighted by Crippen LogP contribution is 2.41. The summed E-state index contributed by atoms with van der Waals surface area (Å²) in [6.45, 7) is 1.88. The van der Waals surface area contributed by atoms with Crippen molar-refractivity contribution in [3.8, 4) is 17.1 Å². The van der Waals surface area contributed by atoms with Gasteiger partial charge in [0.05, 0.1) is 11.6 Å². The number of amides is 1. The normalized spacial score (nSPS) is 15.8. The van der Waals surface area contributed by atoms with Crippen molar-refractivity contribution in [2.45, 2.75) is 19.3 Å². The number of carbonyl (C=O) groups is 1. The molecule has 144 valence electrons. The van der Waals surface area contributed by atoms with Crippen molar-refractivity contribution < 1.29 is 9.21 Å². The number of fused-ring (bicyclic) bond motifs is 1. The van der Waals surface area contributed by atoms with E-state index in [0.29, 0.717) is 17.4 Å². The zero-order chi connectivity index (χ0) is 20.0. The van der Waals surface area contributed by atoms with Gasteiger partial charge in [-0.15, -0.1) is 0 Å². The molecule has 1 amide bonds. The summed E-state index contributed by atoms with van der Waals surface area (Å²) >= 11 is 0. The second-order valence-electron chi connectivity index (χ2n) is 6.91. The zero-order valence-corrected chi connectivity index (χ0v) is 15.5. The van der Waals surface area contributed by atoms with Crippen LogP contribution in [0.1, 0.15) is 29.4 Å². The van der Waals surface area contributed by atoms with Gasteiger partial charge in [-0.3, -0.25) is 9.59 Å². The van der Waals surface area contributed by atoms with E-state index in [0.717, 1.165) is 22.6 Å². The van der Waals surface area contributed by atoms with Gasteiger partial charge in [0.25, 0.3) is 5.56 Å². The van der Waals surface area contributed by atoms with Gasteiger partial charge in [-0.1, -0.05) is 30.3 Å². The number of aromatic nitrogens is 4. The molecule has 0 saturated heterocycles. The van der Waals surface area contributed by atoms with Crippen molar-refractivity contribution in [2.24, 2.45) is 0 Å². The van der Waals surface area contributed by atoms with E-state index in [1.807, 2.05) is 49.4 Å². The second-order valence-corrected chi connectivity index (χ2v) is 6.91. The van der Waals surface area contributed by atoms with E-state index in [1.54, 1.807) is 6.07 Å². The number of hydrogen-bond donors (Lipinski definition) is 2. The Morgan fingerprint density at radius 1 is 1.07 bits per heavy atom. The molecule has 0 radical (unpaired) electrons. The summed E-state index contributed by atoms with van der Waals surface area (Å²) in [5.41, 5.74) is 2.31. The maximum Gasteiger partial charge on any atom is 0.264 e. The highest BCUT2D eigenvalue weighted by atomic mass is 16.3. The van der Waals surface area contributed by atoms with Gasteiger partial charge in [-0.25, -0.2) is 5.10 Å². The molecule has 4 aromatic rings. The number of rotatable bonds is 3. The van der Waals surface area contributed by atoms with Crippen LogP contribution in [-0.4, -0.2) is 25.9 Å². The SMILES string of the molecule is Cc1nn(-c2ccc(=O)[nH]n2)c2c1C(c1ccc(-c3ccccc3)o1)CC(=O)N2. The molecule has 8 nitrogen and oxygen atoms in total. The second kappa shape index (κ2) is 6.59. The lowest BCUT2D eigenvalue weighted by Gasteiger charge is -2.22. The van der Waals surface area contributed by atoms with Crippen LogP contribution in [0.25, 0.3) is 17.1 Å². The van der Waals surface area contributed by atoms with Gasteiger partial charge in [-0.05, 0) is 25.1 Å². The van der Waals surface area contributed by atoms with Crippen LogP contribution in [0.5, 0.6) is 0 Å². The van der Waals surface area contributed by atoms with E-state index in [1.165, 1.54) is 10.7 Å². The van der Waals surface area contributed by atoms with Crippen LogP contribution in [0.15, 0.2) is 63.8 Å². The van der Waals surface area contributed by atoms with Gasteiger partial charge in [0.2, 0.25) is 5.91 Å². The number of H-pyrrole nitrogens is 1. The largest absolute Gasteiger partial charge is 0.460 e. The Labute approximate surface area is 165 Å². The number of anilines is 1. The minimum absolute atomic E-state index is 0.134. The first kappa shape index (κ1) is 17.2. The minimum atomic E-state index is -0.308. The molecule has 0 spiro atoms. The van der Waals surface area contributed by atoms with Crippen molar-refractivity contribution in [1.29, 1.82) is 0 Å². The highest BCUT2D eigenvalue weighted by Gasteiger charge is 2.34. The number of hydrogen-bond acceptors (Lipinski definition) is 5. The molecule has 4 heterocycles. The van der Waals surface area contributed by atoms with Crippen LogP contribution in [-0.2, 0) is 4.79 Å². The summed E-state index contributed by atoms with van der Waals surface area (Å²) in [6, 6.07) is 16.6. The van der Waals surface area contributed by atoms with Gasteiger partial charge < -0.3 is 9.73 Å². The predicted molar refractivity (Wildman–Crippen MR) is 106 cm³/mol. The van der Waals surface area contributed by atoms with Crippen molar-refractivity contribution in [3.05, 3.63) is 82.0 Å². The third kappa shape index (κ3) is 2.94. The smallest absolute Gasteiger partial charge is 0.264 e. The first-order valence-electron chi connectivity index (χ1n) is 9.21. The Morgan fingerprint density at radius 2 is 1.90 bits per heavy atom. The predicted octanol–water partition coefficient (Wildman–Crippen LogP) is 3.00. The van der Waals surface area contributed by atoms with Crippen LogP contribution >= 0.6 is 0 Å². The number of nitrogens with one attached hydrogen (secondary N) is 2. The number of benzene rings is 1. The molecule has 1 aliphatic rings. The summed E-state index contributed by atoms with van der Waals surface area (Å²) in [6.07, 6.45) is 0.264. The molecule has 0 saturated carbocycles. The maximum atomic E-state index is 12.5. The third-order valence-corrected chi connectivity index (χ3v) is 5.01. The Morgan fingerprint density at radius 3 is 2.66 bits per heavy atom. The quantitative estimate of drug-likeness (QED) is 0.562. The van der Waals surface area contributed by atoms with E-state index in [9.17, 15) is 9.59 Å². The van der Waals surface area contributed by atoms with Crippen LogP contribution in [0.3, 0.4) is 0 Å². The lowest BCUT2D eigenvalue weighted by Crippen LogP contribution is -2.25. The van der Waals surface area contributed by atoms with Crippen LogP contribution in [0.2, 0.25) is 0 Å². The van der Waals surface area contributed by atoms with Crippen molar-refractivity contribution in [3.63, 3.8) is 0 Å². The fourth-order valence-electron chi connectivity index (χ4n) is 3.71. The lowest BCUT2D eigenvalue weighted by atomic mass is 9.90. The number of carbonyl (C=O) groups excluding carboxylic acids is 1. The maximum absolute atomic E-state index is 12.5. The Hall–Kier alpha value is -3.94. The number of nitrogens with zero attached hydrogens (tertiary/aromatic N) is 3. The van der Waals surface area contributed by atoms with Crippen LogP contribution < -0.4 is 10.9 Å². The molecule has 8 heteroatoms. The van der Waals surface area contributed by atoms with Gasteiger partial charge in [0.15, 0.2) is 5.82 Å². The van der Waals surface area contributed by atoms with Crippen molar-refractivity contribution in [1.82, 2.24) is 20.0 Å². The number of aryl methyl sites for hydroxylation is 1. The monoisotopic (exact) mass is 387 g/mol. The molecule has 0 aliphatic carbocycles. The standard InChI is InChI=1S/C21H17N5O3/c1-12-20-14(16-8-7-15(29-16)13-5-3-2-4-6-13)11-19(28)22-21(20)26(25-12)17-9-10-18(27)24-23-17/h2-10,14H,11H2,1H3,(H,22,28)(H,24,27). The zero-order valence-electron chi connectivity index (χ0n) is 15.5. The van der Waals surface area contributed by atoms with Gasteiger partial charge in [0.1, 0.15) is 17.3 Å². The minimum Gasteiger partial charge on any atom is -0.460 e. The van der Waals surface area contributed by atoms with E-state index in [2.05, 4.69) is 20.6 Å². The Kier molecular flexibility index (Phi) is 3.90. The first-order chi connectivity index (χ1) is 14.1. The fourth-order valence-corrected chi connectivity index (χ4v) is 3.71. The summed E-state index contributed by atoms with van der Waals surface area (Å²) in [5.74, 6) is 2.02. The molecule has 1 atom stereocenters. The van der Waals surface area contributed by atoms with E-state index < -0.39 is 0 Å². The average molecular weight is 387 g/mol. The molecule has 0 bridgehead atoms. The van der Waals surface area contributed by atoms with E-state index in [-0.39, 0.29) is 23.8 Å². The molecule has 5 rings (SSSR count). The van der Waals surface area contributed by atoms with Crippen LogP contribution in [0.4, 0.5) is 5.82 Å². The van der Waals surface area contributed by atoms with Crippen molar-refractivity contribution in [2.75, 3.05) is 5.32 Å². The molecule has 1 unspecified atom stereocenters. The lowest BCUT2D eigenvalue weighted by molar-refractivity contribution is -0.116. The molecule has 2 N–H and O–H groups in total. The van der Waals surface area contributed by atoms with Gasteiger partial charge >= 0.3 is 0 Å². The third-order valence-electron chi connectivity index (χ3n) is 5.01. The first-order valence-corrected chi connectivity index (χ1v) is 9.21. The number of aromatic amines is 1. The molecule has 29 heavy (non-hydrogen) atoms. The van der Waals surface area contributed by atoms with E-state index >= 15 is 0 Å². The van der Waals surface area contributed by atoms with E-state index in [4.69, 9.17) is 4.42 Å². The summed E-state index contributed by atoms with van der Waals surface area (Å²) in [4.78, 5) is 23.8. The van der Waals surface area contributed by atoms with Gasteiger partial charge in [-0.2, -0.15) is 14.9 Å². The number of furan rings is 1. The van der Waals surface area contributed by atoms with Gasteiger partial charge in [0, 0.05) is 23.6 Å². The summed E-state index contributed by atoms with van der Waals surface area (Å²) < 4.78 is 7.65. The molecule has 1 aliphatic heterocycles. The fraction of sp³-hybridized carbons (Fsp3) is 0.143. The molecular formula is C21H17N5O3. The molecule has 1 aromatic carbocycles. The average Bonchev–Trinajstić information content (AvgIpc) is 3.34.